The van der Waals surface area contributed by atoms with Crippen molar-refractivity contribution in [3.05, 3.63) is 27.8 Å². The topological polar surface area (TPSA) is 47.9 Å². The van der Waals surface area contributed by atoms with Crippen LogP contribution in [-0.4, -0.2) is 43.7 Å². The minimum absolute atomic E-state index is 0.0761. The normalized spacial score (nSPS) is 26.7. The van der Waals surface area contributed by atoms with Gasteiger partial charge in [-0.3, -0.25) is 0 Å². The summed E-state index contributed by atoms with van der Waals surface area (Å²) in [7, 11) is 1.63. The molecule has 3 unspecified atom stereocenters. The number of para-hydroxylation sites is 1. The molecule has 4 nitrogen and oxygen atoms in total. The minimum atomic E-state index is -0.437. The van der Waals surface area contributed by atoms with Crippen molar-refractivity contribution < 1.29 is 19.3 Å². The van der Waals surface area contributed by atoms with Crippen molar-refractivity contribution in [1.29, 1.82) is 0 Å². The molecule has 1 fully saturated rings. The molecule has 1 saturated carbocycles. The van der Waals surface area contributed by atoms with Crippen LogP contribution < -0.4 is 4.74 Å². The predicted molar refractivity (Wildman–Crippen MR) is 75.8 cm³/mol. The molecule has 0 saturated heterocycles. The Morgan fingerprint density at radius 1 is 1.33 bits per heavy atom. The molecule has 2 rings (SSSR count). The summed E-state index contributed by atoms with van der Waals surface area (Å²) < 4.78 is 17.4. The van der Waals surface area contributed by atoms with Gasteiger partial charge in [-0.1, -0.05) is 12.1 Å². The van der Waals surface area contributed by atoms with Crippen LogP contribution in [0.5, 0.6) is 5.75 Å². The molecular weight excluding hydrogens is 347 g/mol. The molecule has 0 aromatic heterocycles. The van der Waals surface area contributed by atoms with Crippen LogP contribution in [0.1, 0.15) is 6.42 Å². The van der Waals surface area contributed by atoms with Gasteiger partial charge in [-0.15, -0.1) is 0 Å². The van der Waals surface area contributed by atoms with Gasteiger partial charge >= 0.3 is 0 Å². The highest BCUT2D eigenvalue weighted by Crippen LogP contribution is 2.31. The van der Waals surface area contributed by atoms with E-state index in [1.54, 1.807) is 7.11 Å². The summed E-state index contributed by atoms with van der Waals surface area (Å²) in [6.45, 7) is 1.00. The quantitative estimate of drug-likeness (QED) is 0.618. The first-order valence-corrected chi connectivity index (χ1v) is 7.00. The number of halogens is 1. The number of benzene rings is 1. The highest BCUT2D eigenvalue weighted by Gasteiger charge is 2.43. The number of aliphatic hydroxyl groups is 1. The first-order chi connectivity index (χ1) is 8.72. The molecule has 0 heterocycles. The van der Waals surface area contributed by atoms with Gasteiger partial charge in [0.05, 0.1) is 22.9 Å². The van der Waals surface area contributed by atoms with Gasteiger partial charge in [0, 0.05) is 13.5 Å². The van der Waals surface area contributed by atoms with Gasteiger partial charge in [-0.25, -0.2) is 0 Å². The Balaban J connectivity index is 1.88. The molecule has 0 radical (unpaired) electrons. The third kappa shape index (κ3) is 3.34. The lowest BCUT2D eigenvalue weighted by molar-refractivity contribution is -0.167. The summed E-state index contributed by atoms with van der Waals surface area (Å²) in [5.74, 6) is 0.843. The molecule has 1 aromatic carbocycles. The number of methoxy groups -OCH3 is 1. The van der Waals surface area contributed by atoms with Crippen LogP contribution in [0.4, 0.5) is 0 Å². The van der Waals surface area contributed by atoms with Crippen molar-refractivity contribution in [3.63, 3.8) is 0 Å². The van der Waals surface area contributed by atoms with Gasteiger partial charge in [0.15, 0.2) is 0 Å². The van der Waals surface area contributed by atoms with Crippen molar-refractivity contribution in [3.8, 4) is 5.75 Å². The number of aliphatic hydroxyl groups excluding tert-OH is 1. The molecule has 0 bridgehead atoms. The molecule has 1 aliphatic carbocycles. The smallest absolute Gasteiger partial charge is 0.133 e. The first-order valence-electron chi connectivity index (χ1n) is 5.92. The van der Waals surface area contributed by atoms with E-state index < -0.39 is 6.10 Å². The Hall–Kier alpha value is -0.370. The summed E-state index contributed by atoms with van der Waals surface area (Å²) >= 11 is 2.23. The summed E-state index contributed by atoms with van der Waals surface area (Å²) in [4.78, 5) is 0. The summed E-state index contributed by atoms with van der Waals surface area (Å²) in [6.07, 6.45) is -0.153. The number of ether oxygens (including phenoxy) is 3. The summed E-state index contributed by atoms with van der Waals surface area (Å²) in [6, 6.07) is 7.83. The van der Waals surface area contributed by atoms with Crippen molar-refractivity contribution in [2.45, 2.75) is 24.7 Å². The van der Waals surface area contributed by atoms with E-state index in [0.29, 0.717) is 19.6 Å². The van der Waals surface area contributed by atoms with E-state index >= 15 is 0 Å². The van der Waals surface area contributed by atoms with Gasteiger partial charge in [-0.2, -0.15) is 0 Å². The Bertz CT molecular complexity index is 385. The zero-order valence-corrected chi connectivity index (χ0v) is 12.4. The largest absolute Gasteiger partial charge is 0.486 e. The van der Waals surface area contributed by atoms with Gasteiger partial charge < -0.3 is 19.3 Å². The van der Waals surface area contributed by atoms with E-state index in [1.165, 1.54) is 0 Å². The van der Waals surface area contributed by atoms with Crippen LogP contribution in [0.2, 0.25) is 0 Å². The van der Waals surface area contributed by atoms with Crippen LogP contribution in [0.25, 0.3) is 0 Å². The standard InChI is InChI=1S/C13H17IO4/c1-16-6-7-17-13-10(15)8-12(13)18-11-5-3-2-4-9(11)14/h2-5,10,12-13,15H,6-8H2,1H3. The second-order valence-electron chi connectivity index (χ2n) is 4.22. The lowest BCUT2D eigenvalue weighted by Gasteiger charge is -2.40. The Morgan fingerprint density at radius 2 is 2.11 bits per heavy atom. The Kier molecular flexibility index (Phi) is 5.23. The van der Waals surface area contributed by atoms with E-state index in [1.807, 2.05) is 24.3 Å². The van der Waals surface area contributed by atoms with Crippen LogP contribution in [0.3, 0.4) is 0 Å². The second kappa shape index (κ2) is 6.70. The molecular formula is C13H17IO4. The zero-order valence-electron chi connectivity index (χ0n) is 10.2. The fourth-order valence-electron chi connectivity index (χ4n) is 1.86. The van der Waals surface area contributed by atoms with Gasteiger partial charge in [-0.05, 0) is 34.7 Å². The second-order valence-corrected chi connectivity index (χ2v) is 5.38. The van der Waals surface area contributed by atoms with Crippen molar-refractivity contribution >= 4 is 22.6 Å². The minimum Gasteiger partial charge on any atom is -0.486 e. The molecule has 5 heteroatoms. The van der Waals surface area contributed by atoms with Gasteiger partial charge in [0.1, 0.15) is 18.0 Å². The molecule has 0 aliphatic heterocycles. The first kappa shape index (κ1) is 14.0. The van der Waals surface area contributed by atoms with Gasteiger partial charge in [0.25, 0.3) is 0 Å². The average Bonchev–Trinajstić information content (AvgIpc) is 2.36. The zero-order chi connectivity index (χ0) is 13.0. The van der Waals surface area contributed by atoms with Crippen LogP contribution in [0, 0.1) is 3.57 Å². The average molecular weight is 364 g/mol. The lowest BCUT2D eigenvalue weighted by atomic mass is 9.88. The van der Waals surface area contributed by atoms with Gasteiger partial charge in [0.2, 0.25) is 0 Å². The molecule has 0 spiro atoms. The maximum Gasteiger partial charge on any atom is 0.133 e. The van der Waals surface area contributed by atoms with Crippen molar-refractivity contribution in [2.75, 3.05) is 20.3 Å². The summed E-state index contributed by atoms with van der Waals surface area (Å²) in [5.41, 5.74) is 0. The molecule has 1 aromatic rings. The number of rotatable bonds is 6. The molecule has 0 amide bonds. The highest BCUT2D eigenvalue weighted by atomic mass is 127. The van der Waals surface area contributed by atoms with E-state index in [0.717, 1.165) is 9.32 Å². The highest BCUT2D eigenvalue weighted by molar-refractivity contribution is 14.1. The number of hydrogen-bond acceptors (Lipinski definition) is 4. The van der Waals surface area contributed by atoms with E-state index in [9.17, 15) is 5.11 Å². The Morgan fingerprint density at radius 3 is 2.78 bits per heavy atom. The molecule has 1 N–H and O–H groups in total. The maximum absolute atomic E-state index is 9.68. The summed E-state index contributed by atoms with van der Waals surface area (Å²) in [5, 5.41) is 9.68. The third-order valence-corrected chi connectivity index (χ3v) is 3.82. The van der Waals surface area contributed by atoms with Crippen LogP contribution >= 0.6 is 22.6 Å². The fraction of sp³-hybridized carbons (Fsp3) is 0.538. The van der Waals surface area contributed by atoms with Crippen LogP contribution in [-0.2, 0) is 9.47 Å². The Labute approximate surface area is 120 Å². The van der Waals surface area contributed by atoms with E-state index in [2.05, 4.69) is 22.6 Å². The van der Waals surface area contributed by atoms with Crippen LogP contribution in [0.15, 0.2) is 24.3 Å². The van der Waals surface area contributed by atoms with E-state index in [-0.39, 0.29) is 12.2 Å². The fourth-order valence-corrected chi connectivity index (χ4v) is 2.38. The van der Waals surface area contributed by atoms with Crippen molar-refractivity contribution in [1.82, 2.24) is 0 Å². The molecule has 18 heavy (non-hydrogen) atoms. The monoisotopic (exact) mass is 364 g/mol. The maximum atomic E-state index is 9.68. The molecule has 3 atom stereocenters. The lowest BCUT2D eigenvalue weighted by Crippen LogP contribution is -2.55. The molecule has 100 valence electrons. The predicted octanol–water partition coefficient (Wildman–Crippen LogP) is 1.83. The van der Waals surface area contributed by atoms with E-state index in [4.69, 9.17) is 14.2 Å². The number of hydrogen-bond donors (Lipinski definition) is 1. The molecule has 1 aliphatic rings. The van der Waals surface area contributed by atoms with Crippen molar-refractivity contribution in [2.24, 2.45) is 0 Å². The SMILES string of the molecule is COCCOC1C(O)CC1Oc1ccccc1I. The third-order valence-electron chi connectivity index (χ3n) is 2.93.